The van der Waals surface area contributed by atoms with Crippen molar-refractivity contribution in [2.45, 2.75) is 32.7 Å². The van der Waals surface area contributed by atoms with Crippen LogP contribution in [0.3, 0.4) is 0 Å². The van der Waals surface area contributed by atoms with Crippen molar-refractivity contribution in [1.82, 2.24) is 5.32 Å². The highest BCUT2D eigenvalue weighted by Gasteiger charge is 2.09. The van der Waals surface area contributed by atoms with Crippen molar-refractivity contribution in [3.63, 3.8) is 0 Å². The minimum atomic E-state index is 0.0944. The molecule has 0 aromatic heterocycles. The summed E-state index contributed by atoms with van der Waals surface area (Å²) in [5, 5.41) is 3.81. The molecular formula is C13H18BrNO. The summed E-state index contributed by atoms with van der Waals surface area (Å²) in [7, 11) is 0. The van der Waals surface area contributed by atoms with Crippen molar-refractivity contribution < 1.29 is 4.79 Å². The molecule has 0 bridgehead atoms. The van der Waals surface area contributed by atoms with E-state index < -0.39 is 0 Å². The van der Waals surface area contributed by atoms with Gasteiger partial charge in [-0.2, -0.15) is 0 Å². The summed E-state index contributed by atoms with van der Waals surface area (Å²) in [6.45, 7) is 4.10. The number of nitrogens with one attached hydrogen (secondary N) is 1. The van der Waals surface area contributed by atoms with Crippen LogP contribution < -0.4 is 5.32 Å². The van der Waals surface area contributed by atoms with Crippen LogP contribution in [-0.4, -0.2) is 17.3 Å². The Bertz CT molecular complexity index is 348. The van der Waals surface area contributed by atoms with Crippen molar-refractivity contribution in [1.29, 1.82) is 0 Å². The highest BCUT2D eigenvalue weighted by molar-refractivity contribution is 9.09. The Kier molecular flexibility index (Phi) is 5.53. The Balaban J connectivity index is 2.51. The SMILES string of the molecule is CCC(CBr)NC(=O)Cc1cccc(C)c1. The van der Waals surface area contributed by atoms with Crippen molar-refractivity contribution in [2.75, 3.05) is 5.33 Å². The van der Waals surface area contributed by atoms with Crippen LogP contribution in [0.15, 0.2) is 24.3 Å². The molecule has 0 aliphatic heterocycles. The highest BCUT2D eigenvalue weighted by atomic mass is 79.9. The highest BCUT2D eigenvalue weighted by Crippen LogP contribution is 2.05. The molecular weight excluding hydrogens is 266 g/mol. The summed E-state index contributed by atoms with van der Waals surface area (Å²) < 4.78 is 0. The molecule has 1 aromatic carbocycles. The molecule has 1 N–H and O–H groups in total. The summed E-state index contributed by atoms with van der Waals surface area (Å²) in [5.74, 6) is 0.0944. The van der Waals surface area contributed by atoms with Crippen LogP contribution >= 0.6 is 15.9 Å². The zero-order valence-corrected chi connectivity index (χ0v) is 11.4. The smallest absolute Gasteiger partial charge is 0.224 e. The Morgan fingerprint density at radius 2 is 2.25 bits per heavy atom. The molecule has 1 unspecified atom stereocenters. The van der Waals surface area contributed by atoms with Crippen molar-refractivity contribution in [3.8, 4) is 0 Å². The first-order valence-corrected chi connectivity index (χ1v) is 6.68. The molecule has 2 nitrogen and oxygen atoms in total. The predicted octanol–water partition coefficient (Wildman–Crippen LogP) is 2.83. The number of amides is 1. The van der Waals surface area contributed by atoms with Crippen LogP contribution in [0.1, 0.15) is 24.5 Å². The molecule has 3 heteroatoms. The first kappa shape index (κ1) is 13.2. The quantitative estimate of drug-likeness (QED) is 0.828. The van der Waals surface area contributed by atoms with E-state index in [4.69, 9.17) is 0 Å². The van der Waals surface area contributed by atoms with E-state index in [1.807, 2.05) is 25.1 Å². The lowest BCUT2D eigenvalue weighted by atomic mass is 10.1. The van der Waals surface area contributed by atoms with Gasteiger partial charge < -0.3 is 5.32 Å². The van der Waals surface area contributed by atoms with Gasteiger partial charge in [-0.15, -0.1) is 0 Å². The van der Waals surface area contributed by atoms with Gasteiger partial charge in [-0.1, -0.05) is 52.7 Å². The number of carbonyl (C=O) groups is 1. The van der Waals surface area contributed by atoms with Gasteiger partial charge in [0.2, 0.25) is 5.91 Å². The third-order valence-electron chi connectivity index (χ3n) is 2.49. The maximum atomic E-state index is 11.7. The fourth-order valence-corrected chi connectivity index (χ4v) is 2.16. The lowest BCUT2D eigenvalue weighted by Gasteiger charge is -2.13. The number of rotatable bonds is 5. The number of alkyl halides is 1. The number of halogens is 1. The molecule has 0 fully saturated rings. The van der Waals surface area contributed by atoms with E-state index in [0.29, 0.717) is 6.42 Å². The van der Waals surface area contributed by atoms with Gasteiger partial charge in [-0.3, -0.25) is 4.79 Å². The summed E-state index contributed by atoms with van der Waals surface area (Å²) in [4.78, 5) is 11.7. The van der Waals surface area contributed by atoms with Crippen LogP contribution in [-0.2, 0) is 11.2 Å². The van der Waals surface area contributed by atoms with Crippen LogP contribution in [0.5, 0.6) is 0 Å². The standard InChI is InChI=1S/C13H18BrNO/c1-3-12(9-14)15-13(16)8-11-6-4-5-10(2)7-11/h4-7,12H,3,8-9H2,1-2H3,(H,15,16). The largest absolute Gasteiger partial charge is 0.352 e. The molecule has 0 saturated heterocycles. The number of aryl methyl sites for hydroxylation is 1. The van der Waals surface area contributed by atoms with Gasteiger partial charge in [0.05, 0.1) is 6.42 Å². The fraction of sp³-hybridized carbons (Fsp3) is 0.462. The van der Waals surface area contributed by atoms with Crippen LogP contribution in [0.4, 0.5) is 0 Å². The third kappa shape index (κ3) is 4.35. The van der Waals surface area contributed by atoms with E-state index in [1.54, 1.807) is 0 Å². The molecule has 0 spiro atoms. The molecule has 1 amide bonds. The zero-order valence-electron chi connectivity index (χ0n) is 9.79. The van der Waals surface area contributed by atoms with Gasteiger partial charge in [0.1, 0.15) is 0 Å². The molecule has 0 aliphatic carbocycles. The zero-order chi connectivity index (χ0) is 12.0. The molecule has 0 heterocycles. The van der Waals surface area contributed by atoms with Crippen molar-refractivity contribution in [3.05, 3.63) is 35.4 Å². The summed E-state index contributed by atoms with van der Waals surface area (Å²) in [5.41, 5.74) is 2.26. The molecule has 0 saturated carbocycles. The number of benzene rings is 1. The topological polar surface area (TPSA) is 29.1 Å². The lowest BCUT2D eigenvalue weighted by Crippen LogP contribution is -2.36. The minimum Gasteiger partial charge on any atom is -0.352 e. The summed E-state index contributed by atoms with van der Waals surface area (Å²) >= 11 is 3.39. The monoisotopic (exact) mass is 283 g/mol. The van der Waals surface area contributed by atoms with Crippen molar-refractivity contribution in [2.24, 2.45) is 0 Å². The second-order valence-electron chi connectivity index (χ2n) is 3.99. The van der Waals surface area contributed by atoms with Gasteiger partial charge in [0, 0.05) is 11.4 Å². The molecule has 88 valence electrons. The summed E-state index contributed by atoms with van der Waals surface area (Å²) in [6, 6.07) is 8.29. The first-order valence-electron chi connectivity index (χ1n) is 5.56. The molecule has 1 rings (SSSR count). The maximum absolute atomic E-state index is 11.7. The van der Waals surface area contributed by atoms with Crippen LogP contribution in [0, 0.1) is 6.92 Å². The Morgan fingerprint density at radius 1 is 1.50 bits per heavy atom. The first-order chi connectivity index (χ1) is 7.65. The normalized spacial score (nSPS) is 12.2. The number of hydrogen-bond donors (Lipinski definition) is 1. The van der Waals surface area contributed by atoms with Crippen molar-refractivity contribution >= 4 is 21.8 Å². The van der Waals surface area contributed by atoms with Crippen LogP contribution in [0.25, 0.3) is 0 Å². The van der Waals surface area contributed by atoms with E-state index in [9.17, 15) is 4.79 Å². The van der Waals surface area contributed by atoms with E-state index in [2.05, 4.69) is 34.2 Å². The number of hydrogen-bond acceptors (Lipinski definition) is 1. The molecule has 1 atom stereocenters. The Labute approximate surface area is 106 Å². The average molecular weight is 284 g/mol. The van der Waals surface area contributed by atoms with Gasteiger partial charge in [-0.25, -0.2) is 0 Å². The van der Waals surface area contributed by atoms with E-state index >= 15 is 0 Å². The Hall–Kier alpha value is -0.830. The van der Waals surface area contributed by atoms with Gasteiger partial charge >= 0.3 is 0 Å². The molecule has 0 aliphatic rings. The van der Waals surface area contributed by atoms with Gasteiger partial charge in [-0.05, 0) is 18.9 Å². The summed E-state index contributed by atoms with van der Waals surface area (Å²) in [6.07, 6.45) is 1.41. The average Bonchev–Trinajstić information content (AvgIpc) is 2.26. The lowest BCUT2D eigenvalue weighted by molar-refractivity contribution is -0.121. The molecule has 1 aromatic rings. The second-order valence-corrected chi connectivity index (χ2v) is 4.64. The van der Waals surface area contributed by atoms with E-state index in [-0.39, 0.29) is 11.9 Å². The van der Waals surface area contributed by atoms with Crippen LogP contribution in [0.2, 0.25) is 0 Å². The third-order valence-corrected chi connectivity index (χ3v) is 3.27. The maximum Gasteiger partial charge on any atom is 0.224 e. The molecule has 16 heavy (non-hydrogen) atoms. The van der Waals surface area contributed by atoms with Gasteiger partial charge in [0.25, 0.3) is 0 Å². The van der Waals surface area contributed by atoms with E-state index in [1.165, 1.54) is 5.56 Å². The number of carbonyl (C=O) groups excluding carboxylic acids is 1. The predicted molar refractivity (Wildman–Crippen MR) is 70.9 cm³/mol. The molecule has 0 radical (unpaired) electrons. The fourth-order valence-electron chi connectivity index (χ4n) is 1.54. The van der Waals surface area contributed by atoms with E-state index in [0.717, 1.165) is 17.3 Å². The Morgan fingerprint density at radius 3 is 2.81 bits per heavy atom. The minimum absolute atomic E-state index is 0.0944. The van der Waals surface area contributed by atoms with Gasteiger partial charge in [0.15, 0.2) is 0 Å². The second kappa shape index (κ2) is 6.69.